The van der Waals surface area contributed by atoms with Crippen LogP contribution in [0.2, 0.25) is 0 Å². The van der Waals surface area contributed by atoms with Gasteiger partial charge in [-0.2, -0.15) is 5.10 Å². The van der Waals surface area contributed by atoms with Gasteiger partial charge in [0.05, 0.1) is 30.7 Å². The van der Waals surface area contributed by atoms with E-state index in [0.717, 1.165) is 47.5 Å². The number of pyridine rings is 1. The second-order valence-electron chi connectivity index (χ2n) is 4.78. The number of hydrogen-bond donors (Lipinski definition) is 1. The van der Waals surface area contributed by atoms with E-state index in [1.54, 1.807) is 6.20 Å². The molecule has 1 saturated heterocycles. The molecule has 110 valence electrons. The van der Waals surface area contributed by atoms with E-state index in [0.29, 0.717) is 12.4 Å². The van der Waals surface area contributed by atoms with E-state index in [1.165, 1.54) is 0 Å². The van der Waals surface area contributed by atoms with Gasteiger partial charge in [-0.1, -0.05) is 11.8 Å². The molecule has 3 rings (SSSR count). The van der Waals surface area contributed by atoms with Crippen molar-refractivity contribution in [3.8, 4) is 11.8 Å². The van der Waals surface area contributed by atoms with Crippen LogP contribution in [0.4, 0.5) is 5.82 Å². The smallest absolute Gasteiger partial charge is 0.135 e. The number of rotatable bonds is 2. The van der Waals surface area contributed by atoms with Crippen LogP contribution in [0.5, 0.6) is 0 Å². The maximum atomic E-state index is 5.90. The lowest BCUT2D eigenvalue weighted by atomic mass is 10.3. The summed E-state index contributed by atoms with van der Waals surface area (Å²) in [7, 11) is 0. The van der Waals surface area contributed by atoms with E-state index < -0.39 is 0 Å². The van der Waals surface area contributed by atoms with Gasteiger partial charge in [0.2, 0.25) is 0 Å². The summed E-state index contributed by atoms with van der Waals surface area (Å²) in [5.41, 5.74) is 6.88. The van der Waals surface area contributed by atoms with Gasteiger partial charge in [-0.25, -0.2) is 4.98 Å². The molecule has 2 aromatic rings. The van der Waals surface area contributed by atoms with Gasteiger partial charge in [0.1, 0.15) is 16.1 Å². The summed E-state index contributed by atoms with van der Waals surface area (Å²) in [5, 5.41) is 5.39. The lowest BCUT2D eigenvalue weighted by Crippen LogP contribution is -2.36. The topological polar surface area (TPSA) is 69.2 Å². The Labute approximate surface area is 136 Å². The number of fused-ring (bicyclic) bond motifs is 1. The van der Waals surface area contributed by atoms with E-state index in [1.807, 2.05) is 10.7 Å². The number of morpholine rings is 1. The monoisotopic (exact) mass is 397 g/mol. The minimum Gasteiger partial charge on any atom is -0.383 e. The fraction of sp³-hybridized carbons (Fsp3) is 0.429. The van der Waals surface area contributed by atoms with Crippen molar-refractivity contribution in [2.75, 3.05) is 38.6 Å². The fourth-order valence-corrected chi connectivity index (χ4v) is 3.09. The van der Waals surface area contributed by atoms with Gasteiger partial charge in [0.25, 0.3) is 0 Å². The summed E-state index contributed by atoms with van der Waals surface area (Å²) in [4.78, 5) is 6.40. The lowest BCUT2D eigenvalue weighted by molar-refractivity contribution is 0.0443. The zero-order chi connectivity index (χ0) is 14.7. The highest BCUT2D eigenvalue weighted by Gasteiger charge is 2.11. The van der Waals surface area contributed by atoms with Crippen LogP contribution in [0, 0.1) is 15.5 Å². The van der Waals surface area contributed by atoms with Crippen molar-refractivity contribution < 1.29 is 4.74 Å². The van der Waals surface area contributed by atoms with E-state index >= 15 is 0 Å². The number of nitrogens with zero attached hydrogens (tertiary/aromatic N) is 4. The van der Waals surface area contributed by atoms with Gasteiger partial charge in [-0.05, 0) is 28.7 Å². The molecule has 1 aliphatic rings. The van der Waals surface area contributed by atoms with Crippen LogP contribution in [-0.4, -0.2) is 52.5 Å². The molecule has 0 aromatic carbocycles. The second kappa shape index (κ2) is 6.60. The molecule has 0 aliphatic carbocycles. The molecule has 7 heteroatoms. The Morgan fingerprint density at radius 1 is 1.29 bits per heavy atom. The molecule has 0 radical (unpaired) electrons. The highest BCUT2D eigenvalue weighted by Crippen LogP contribution is 2.23. The Balaban J connectivity index is 1.70. The molecule has 2 N–H and O–H groups in total. The summed E-state index contributed by atoms with van der Waals surface area (Å²) in [5.74, 6) is 6.90. The third-order valence-electron chi connectivity index (χ3n) is 3.41. The molecule has 6 nitrogen and oxygen atoms in total. The predicted molar refractivity (Wildman–Crippen MR) is 89.7 cm³/mol. The standard InChI is InChI=1S/C14H16IN5O/c15-13-12-11(3-4-17-14(12)16)20(18-13)6-2-1-5-19-7-9-21-10-8-19/h3-4H,5-10H2,(H2,16,17). The number of halogens is 1. The normalized spacial score (nSPS) is 15.9. The largest absolute Gasteiger partial charge is 0.383 e. The van der Waals surface area contributed by atoms with Crippen molar-refractivity contribution >= 4 is 39.3 Å². The van der Waals surface area contributed by atoms with E-state index in [4.69, 9.17) is 10.5 Å². The molecule has 0 amide bonds. The summed E-state index contributed by atoms with van der Waals surface area (Å²) in [6.45, 7) is 4.86. The molecule has 1 aliphatic heterocycles. The van der Waals surface area contributed by atoms with Gasteiger partial charge in [-0.3, -0.25) is 9.58 Å². The Kier molecular flexibility index (Phi) is 4.57. The molecule has 2 aromatic heterocycles. The molecule has 0 spiro atoms. The van der Waals surface area contributed by atoms with Gasteiger partial charge in [0, 0.05) is 19.3 Å². The quantitative estimate of drug-likeness (QED) is 0.604. The zero-order valence-electron chi connectivity index (χ0n) is 11.5. The van der Waals surface area contributed by atoms with Crippen molar-refractivity contribution in [2.24, 2.45) is 0 Å². The Bertz CT molecular complexity index is 696. The van der Waals surface area contributed by atoms with Crippen molar-refractivity contribution in [1.29, 1.82) is 0 Å². The first kappa shape index (κ1) is 14.6. The summed E-state index contributed by atoms with van der Waals surface area (Å²) >= 11 is 2.18. The molecular formula is C14H16IN5O. The van der Waals surface area contributed by atoms with Crippen LogP contribution in [-0.2, 0) is 11.3 Å². The average molecular weight is 397 g/mol. The number of nitrogen functional groups attached to an aromatic ring is 1. The molecule has 0 unspecified atom stereocenters. The van der Waals surface area contributed by atoms with E-state index in [-0.39, 0.29) is 0 Å². The van der Waals surface area contributed by atoms with Crippen LogP contribution in [0.25, 0.3) is 10.9 Å². The van der Waals surface area contributed by atoms with Crippen LogP contribution >= 0.6 is 22.6 Å². The van der Waals surface area contributed by atoms with Crippen molar-refractivity contribution in [2.45, 2.75) is 6.54 Å². The Morgan fingerprint density at radius 3 is 2.86 bits per heavy atom. The van der Waals surface area contributed by atoms with Crippen molar-refractivity contribution in [3.63, 3.8) is 0 Å². The summed E-state index contributed by atoms with van der Waals surface area (Å²) < 4.78 is 8.06. The first-order chi connectivity index (χ1) is 10.3. The highest BCUT2D eigenvalue weighted by atomic mass is 127. The summed E-state index contributed by atoms with van der Waals surface area (Å²) in [6, 6.07) is 1.92. The van der Waals surface area contributed by atoms with E-state index in [9.17, 15) is 0 Å². The maximum Gasteiger partial charge on any atom is 0.135 e. The van der Waals surface area contributed by atoms with E-state index in [2.05, 4.69) is 49.4 Å². The molecule has 0 saturated carbocycles. The number of aromatic nitrogens is 3. The van der Waals surface area contributed by atoms with Crippen LogP contribution < -0.4 is 5.73 Å². The van der Waals surface area contributed by atoms with Crippen LogP contribution in [0.3, 0.4) is 0 Å². The first-order valence-electron chi connectivity index (χ1n) is 6.78. The minimum absolute atomic E-state index is 0.518. The molecular weight excluding hydrogens is 381 g/mol. The van der Waals surface area contributed by atoms with Crippen molar-refractivity contribution in [1.82, 2.24) is 19.7 Å². The third kappa shape index (κ3) is 3.28. The second-order valence-corrected chi connectivity index (χ2v) is 5.80. The molecule has 1 fully saturated rings. The maximum absolute atomic E-state index is 5.90. The Hall–Kier alpha value is -1.37. The number of nitrogens with two attached hydrogens (primary N) is 1. The fourth-order valence-electron chi connectivity index (χ4n) is 2.28. The number of hydrogen-bond acceptors (Lipinski definition) is 5. The van der Waals surface area contributed by atoms with Gasteiger partial charge < -0.3 is 10.5 Å². The first-order valence-corrected chi connectivity index (χ1v) is 7.86. The number of ether oxygens (including phenoxy) is 1. The van der Waals surface area contributed by atoms with Gasteiger partial charge >= 0.3 is 0 Å². The number of anilines is 1. The van der Waals surface area contributed by atoms with Crippen LogP contribution in [0.15, 0.2) is 12.3 Å². The molecule has 0 bridgehead atoms. The third-order valence-corrected chi connectivity index (χ3v) is 4.17. The SMILES string of the molecule is Nc1nccc2c1c(I)nn2CC#CCN1CCOCC1. The average Bonchev–Trinajstić information content (AvgIpc) is 2.83. The zero-order valence-corrected chi connectivity index (χ0v) is 13.7. The Morgan fingerprint density at radius 2 is 2.05 bits per heavy atom. The van der Waals surface area contributed by atoms with Crippen LogP contribution in [0.1, 0.15) is 0 Å². The molecule has 0 atom stereocenters. The highest BCUT2D eigenvalue weighted by molar-refractivity contribution is 14.1. The lowest BCUT2D eigenvalue weighted by Gasteiger charge is -2.24. The minimum atomic E-state index is 0.518. The van der Waals surface area contributed by atoms with Crippen molar-refractivity contribution in [3.05, 3.63) is 16.0 Å². The molecule has 3 heterocycles. The van der Waals surface area contributed by atoms with Gasteiger partial charge in [-0.15, -0.1) is 0 Å². The predicted octanol–water partition coefficient (Wildman–Crippen LogP) is 0.954. The summed E-state index contributed by atoms with van der Waals surface area (Å²) in [6.07, 6.45) is 1.70. The van der Waals surface area contributed by atoms with Gasteiger partial charge in [0.15, 0.2) is 0 Å². The molecule has 21 heavy (non-hydrogen) atoms.